The van der Waals surface area contributed by atoms with E-state index < -0.39 is 6.10 Å². The van der Waals surface area contributed by atoms with Crippen molar-refractivity contribution in [3.05, 3.63) is 59.7 Å². The van der Waals surface area contributed by atoms with E-state index in [1.807, 2.05) is 36.4 Å². The number of alkyl halides is 1. The first kappa shape index (κ1) is 22.9. The molecule has 28 heavy (non-hydrogen) atoms. The van der Waals surface area contributed by atoms with Crippen molar-refractivity contribution in [2.75, 3.05) is 31.4 Å². The first-order valence-electron chi connectivity index (χ1n) is 9.25. The van der Waals surface area contributed by atoms with Crippen LogP contribution in [0, 0.1) is 0 Å². The molecule has 2 atom stereocenters. The quantitative estimate of drug-likeness (QED) is 0.365. The Bertz CT molecular complexity index is 696. The van der Waals surface area contributed by atoms with E-state index in [0.29, 0.717) is 12.4 Å². The Morgan fingerprint density at radius 1 is 0.893 bits per heavy atom. The van der Waals surface area contributed by atoms with Gasteiger partial charge in [0.05, 0.1) is 12.7 Å². The maximum atomic E-state index is 9.38. The Hall–Kier alpha value is -1.35. The zero-order valence-corrected chi connectivity index (χ0v) is 18.8. The molecule has 6 heteroatoms. The van der Waals surface area contributed by atoms with Gasteiger partial charge in [0, 0.05) is 17.0 Å². The Kier molecular flexibility index (Phi) is 9.01. The van der Waals surface area contributed by atoms with Crippen LogP contribution in [-0.2, 0) is 10.2 Å². The fourth-order valence-corrected chi connectivity index (χ4v) is 3.33. The summed E-state index contributed by atoms with van der Waals surface area (Å²) < 4.78 is 17.5. The van der Waals surface area contributed by atoms with Crippen LogP contribution >= 0.6 is 22.6 Å². The van der Waals surface area contributed by atoms with Crippen LogP contribution in [0.1, 0.15) is 25.0 Å². The van der Waals surface area contributed by atoms with Gasteiger partial charge < -0.3 is 24.4 Å². The van der Waals surface area contributed by atoms with Crippen molar-refractivity contribution in [2.24, 2.45) is 0 Å². The molecule has 154 valence electrons. The van der Waals surface area contributed by atoms with E-state index in [9.17, 15) is 5.11 Å². The fourth-order valence-electron chi connectivity index (χ4n) is 2.71. The maximum Gasteiger partial charge on any atom is 0.119 e. The normalized spacial score (nSPS) is 13.8. The Labute approximate surface area is 180 Å². The van der Waals surface area contributed by atoms with Gasteiger partial charge in [0.2, 0.25) is 0 Å². The van der Waals surface area contributed by atoms with Crippen LogP contribution in [0.25, 0.3) is 0 Å². The number of methoxy groups -OCH3 is 1. The summed E-state index contributed by atoms with van der Waals surface area (Å²) in [5, 5.41) is 18.2. The first-order valence-corrected chi connectivity index (χ1v) is 10.8. The highest BCUT2D eigenvalue weighted by molar-refractivity contribution is 14.1. The molecule has 0 spiro atoms. The van der Waals surface area contributed by atoms with Gasteiger partial charge in [-0.15, -0.1) is 0 Å². The van der Waals surface area contributed by atoms with Crippen molar-refractivity contribution >= 4 is 22.6 Å². The first-order chi connectivity index (χ1) is 13.4. The monoisotopic (exact) mass is 500 g/mol. The molecule has 2 aromatic rings. The molecule has 0 amide bonds. The molecule has 0 saturated heterocycles. The number of ether oxygens (including phenoxy) is 3. The number of aliphatic hydroxyl groups is 2. The van der Waals surface area contributed by atoms with E-state index in [0.717, 1.165) is 15.7 Å². The van der Waals surface area contributed by atoms with Crippen molar-refractivity contribution in [3.8, 4) is 11.5 Å². The molecular formula is C22H29IO5. The van der Waals surface area contributed by atoms with Crippen LogP contribution in [0.2, 0.25) is 0 Å². The van der Waals surface area contributed by atoms with E-state index in [1.54, 1.807) is 7.11 Å². The van der Waals surface area contributed by atoms with Gasteiger partial charge in [0.1, 0.15) is 30.8 Å². The van der Waals surface area contributed by atoms with Crippen LogP contribution in [0.4, 0.5) is 0 Å². The van der Waals surface area contributed by atoms with Crippen molar-refractivity contribution in [2.45, 2.75) is 31.5 Å². The summed E-state index contributed by atoms with van der Waals surface area (Å²) in [7, 11) is 1.70. The molecule has 0 aromatic heterocycles. The lowest BCUT2D eigenvalue weighted by atomic mass is 9.78. The predicted molar refractivity (Wildman–Crippen MR) is 119 cm³/mol. The summed E-state index contributed by atoms with van der Waals surface area (Å²) in [6.45, 7) is 4.64. The molecule has 0 aliphatic carbocycles. The van der Waals surface area contributed by atoms with E-state index in [4.69, 9.17) is 19.3 Å². The van der Waals surface area contributed by atoms with E-state index >= 15 is 0 Å². The number of aliphatic hydroxyl groups excluding tert-OH is 2. The minimum atomic E-state index is -0.868. The highest BCUT2D eigenvalue weighted by Crippen LogP contribution is 2.33. The lowest BCUT2D eigenvalue weighted by Crippen LogP contribution is -2.22. The van der Waals surface area contributed by atoms with Crippen LogP contribution in [0.15, 0.2) is 48.5 Å². The SMILES string of the molecule is COC(CI)COc1ccc(C(C)(C)c2ccc(OCC(O)CO)cc2)cc1. The molecule has 0 bridgehead atoms. The zero-order chi connectivity index (χ0) is 20.6. The van der Waals surface area contributed by atoms with Crippen molar-refractivity contribution in [1.82, 2.24) is 0 Å². The molecule has 2 unspecified atom stereocenters. The molecule has 0 fully saturated rings. The highest BCUT2D eigenvalue weighted by atomic mass is 127. The lowest BCUT2D eigenvalue weighted by Gasteiger charge is -2.26. The topological polar surface area (TPSA) is 68.2 Å². The molecule has 0 saturated carbocycles. The average molecular weight is 500 g/mol. The molecule has 0 heterocycles. The third kappa shape index (κ3) is 6.34. The number of halogens is 1. The molecular weight excluding hydrogens is 471 g/mol. The second kappa shape index (κ2) is 11.0. The predicted octanol–water partition coefficient (Wildman–Crippen LogP) is 3.57. The zero-order valence-electron chi connectivity index (χ0n) is 16.6. The summed E-state index contributed by atoms with van der Waals surface area (Å²) in [6.07, 6.45) is -0.774. The number of hydrogen-bond donors (Lipinski definition) is 2. The van der Waals surface area contributed by atoms with Gasteiger partial charge >= 0.3 is 0 Å². The third-order valence-electron chi connectivity index (χ3n) is 4.75. The van der Waals surface area contributed by atoms with E-state index in [2.05, 4.69) is 48.6 Å². The number of benzene rings is 2. The van der Waals surface area contributed by atoms with Gasteiger partial charge in [-0.05, 0) is 35.4 Å². The van der Waals surface area contributed by atoms with Gasteiger partial charge in [0.15, 0.2) is 0 Å². The Balaban J connectivity index is 2.03. The molecule has 0 aliphatic heterocycles. The summed E-state index contributed by atoms with van der Waals surface area (Å²) in [5.74, 6) is 1.50. The van der Waals surface area contributed by atoms with Gasteiger partial charge in [-0.3, -0.25) is 0 Å². The highest BCUT2D eigenvalue weighted by Gasteiger charge is 2.23. The smallest absolute Gasteiger partial charge is 0.119 e. The van der Waals surface area contributed by atoms with Crippen LogP contribution < -0.4 is 9.47 Å². The summed E-state index contributed by atoms with van der Waals surface area (Å²) in [6, 6.07) is 16.0. The number of hydrogen-bond acceptors (Lipinski definition) is 5. The summed E-state index contributed by atoms with van der Waals surface area (Å²) in [5.41, 5.74) is 2.15. The Morgan fingerprint density at radius 3 is 1.75 bits per heavy atom. The molecule has 0 aliphatic rings. The van der Waals surface area contributed by atoms with Gasteiger partial charge in [-0.2, -0.15) is 0 Å². The molecule has 2 aromatic carbocycles. The number of rotatable bonds is 11. The van der Waals surface area contributed by atoms with Crippen LogP contribution in [0.5, 0.6) is 11.5 Å². The largest absolute Gasteiger partial charge is 0.491 e. The molecule has 5 nitrogen and oxygen atoms in total. The lowest BCUT2D eigenvalue weighted by molar-refractivity contribution is 0.0536. The van der Waals surface area contributed by atoms with Crippen molar-refractivity contribution in [1.29, 1.82) is 0 Å². The fraction of sp³-hybridized carbons (Fsp3) is 0.455. The van der Waals surface area contributed by atoms with E-state index in [1.165, 1.54) is 5.56 Å². The maximum absolute atomic E-state index is 9.38. The minimum Gasteiger partial charge on any atom is -0.491 e. The average Bonchev–Trinajstić information content (AvgIpc) is 2.73. The minimum absolute atomic E-state index is 0.0716. The second-order valence-corrected chi connectivity index (χ2v) is 8.02. The summed E-state index contributed by atoms with van der Waals surface area (Å²) >= 11 is 2.29. The standard InChI is InChI=1S/C22H29IO5/c1-22(2,16-4-8-19(9-5-16)27-14-18(25)13-24)17-6-10-20(11-7-17)28-15-21(12-23)26-3/h4-11,18,21,24-25H,12-15H2,1-3H3. The second-order valence-electron chi connectivity index (χ2n) is 7.14. The molecule has 2 N–H and O–H groups in total. The van der Waals surface area contributed by atoms with Gasteiger partial charge in [0.25, 0.3) is 0 Å². The van der Waals surface area contributed by atoms with Crippen LogP contribution in [0.3, 0.4) is 0 Å². The Morgan fingerprint density at radius 2 is 1.36 bits per heavy atom. The van der Waals surface area contributed by atoms with Crippen molar-refractivity contribution in [3.63, 3.8) is 0 Å². The van der Waals surface area contributed by atoms with E-state index in [-0.39, 0.29) is 24.7 Å². The summed E-state index contributed by atoms with van der Waals surface area (Å²) in [4.78, 5) is 0. The molecule has 2 rings (SSSR count). The van der Waals surface area contributed by atoms with Gasteiger partial charge in [-0.1, -0.05) is 60.7 Å². The van der Waals surface area contributed by atoms with Gasteiger partial charge in [-0.25, -0.2) is 0 Å². The third-order valence-corrected chi connectivity index (χ3v) is 5.73. The van der Waals surface area contributed by atoms with Crippen molar-refractivity contribution < 1.29 is 24.4 Å². The van der Waals surface area contributed by atoms with Crippen LogP contribution in [-0.4, -0.2) is 53.8 Å². The molecule has 0 radical (unpaired) electrons.